The maximum atomic E-state index is 5.82. The van der Waals surface area contributed by atoms with Gasteiger partial charge in [0.25, 0.3) is 0 Å². The largest absolute Gasteiger partial charge is 0.381 e. The molecule has 2 rings (SSSR count). The summed E-state index contributed by atoms with van der Waals surface area (Å²) < 4.78 is 1.69. The van der Waals surface area contributed by atoms with E-state index in [4.69, 9.17) is 17.3 Å². The Morgan fingerprint density at radius 2 is 2.07 bits per heavy atom. The van der Waals surface area contributed by atoms with Crippen LogP contribution in [0.2, 0.25) is 5.02 Å². The van der Waals surface area contributed by atoms with Crippen LogP contribution in [0.4, 0.5) is 5.82 Å². The first-order valence-electron chi connectivity index (χ1n) is 4.25. The molecule has 0 aliphatic rings. The number of nitrogen functional groups attached to an aromatic ring is 1. The summed E-state index contributed by atoms with van der Waals surface area (Å²) in [6.07, 6.45) is 1.71. The highest BCUT2D eigenvalue weighted by Gasteiger charge is 2.05. The summed E-state index contributed by atoms with van der Waals surface area (Å²) in [5.41, 5.74) is 7.69. The van der Waals surface area contributed by atoms with Gasteiger partial charge in [0.05, 0.1) is 11.9 Å². The zero-order valence-electron chi connectivity index (χ0n) is 7.74. The standard InChI is InChI=1S/C10H10ClN3/c1-7-4-2-3-5-9(7)14-6-8(11)10(12)13-14/h2-6H,1H3,(H2,12,13). The molecule has 4 heteroatoms. The van der Waals surface area contributed by atoms with E-state index in [1.54, 1.807) is 10.9 Å². The number of anilines is 1. The van der Waals surface area contributed by atoms with Crippen LogP contribution in [-0.4, -0.2) is 9.78 Å². The minimum atomic E-state index is 0.356. The van der Waals surface area contributed by atoms with Crippen LogP contribution in [0, 0.1) is 6.92 Å². The summed E-state index contributed by atoms with van der Waals surface area (Å²) in [5.74, 6) is 0.356. The third-order valence-electron chi connectivity index (χ3n) is 2.06. The Bertz CT molecular complexity index is 443. The Hall–Kier alpha value is -1.48. The molecule has 0 aliphatic heterocycles. The number of hydrogen-bond donors (Lipinski definition) is 1. The van der Waals surface area contributed by atoms with Gasteiger partial charge in [-0.05, 0) is 18.6 Å². The van der Waals surface area contributed by atoms with E-state index in [0.29, 0.717) is 10.8 Å². The molecule has 0 aliphatic carbocycles. The van der Waals surface area contributed by atoms with Crippen molar-refractivity contribution in [2.75, 3.05) is 5.73 Å². The van der Waals surface area contributed by atoms with Gasteiger partial charge in [-0.25, -0.2) is 4.68 Å². The lowest BCUT2D eigenvalue weighted by Crippen LogP contribution is -1.98. The van der Waals surface area contributed by atoms with Gasteiger partial charge in [-0.2, -0.15) is 0 Å². The normalized spacial score (nSPS) is 10.4. The van der Waals surface area contributed by atoms with Crippen LogP contribution >= 0.6 is 11.6 Å². The molecule has 2 aromatic rings. The first kappa shape index (κ1) is 9.09. The number of nitrogens with zero attached hydrogens (tertiary/aromatic N) is 2. The summed E-state index contributed by atoms with van der Waals surface area (Å²) >= 11 is 5.82. The van der Waals surface area contributed by atoms with Gasteiger partial charge >= 0.3 is 0 Å². The molecule has 2 N–H and O–H groups in total. The lowest BCUT2D eigenvalue weighted by atomic mass is 10.2. The van der Waals surface area contributed by atoms with Gasteiger partial charge in [0, 0.05) is 0 Å². The van der Waals surface area contributed by atoms with E-state index < -0.39 is 0 Å². The van der Waals surface area contributed by atoms with E-state index >= 15 is 0 Å². The number of rotatable bonds is 1. The zero-order valence-corrected chi connectivity index (χ0v) is 8.49. The van der Waals surface area contributed by atoms with Crippen LogP contribution in [0.25, 0.3) is 5.69 Å². The van der Waals surface area contributed by atoms with Crippen molar-refractivity contribution < 1.29 is 0 Å². The molecular formula is C10H10ClN3. The molecule has 1 aromatic heterocycles. The smallest absolute Gasteiger partial charge is 0.164 e. The van der Waals surface area contributed by atoms with Crippen molar-refractivity contribution in [2.24, 2.45) is 0 Å². The molecule has 0 saturated carbocycles. The molecule has 72 valence electrons. The Morgan fingerprint density at radius 1 is 1.36 bits per heavy atom. The fourth-order valence-corrected chi connectivity index (χ4v) is 1.44. The molecule has 0 bridgehead atoms. The fraction of sp³-hybridized carbons (Fsp3) is 0.100. The molecule has 0 saturated heterocycles. The molecule has 0 radical (unpaired) electrons. The van der Waals surface area contributed by atoms with Crippen molar-refractivity contribution in [2.45, 2.75) is 6.92 Å². The molecule has 14 heavy (non-hydrogen) atoms. The van der Waals surface area contributed by atoms with Gasteiger partial charge in [-0.15, -0.1) is 5.10 Å². The van der Waals surface area contributed by atoms with E-state index in [1.807, 2.05) is 31.2 Å². The minimum absolute atomic E-state index is 0.356. The van der Waals surface area contributed by atoms with Gasteiger partial charge in [-0.3, -0.25) is 0 Å². The van der Waals surface area contributed by atoms with Crippen molar-refractivity contribution in [1.29, 1.82) is 0 Å². The summed E-state index contributed by atoms with van der Waals surface area (Å²) in [6, 6.07) is 7.92. The molecule has 0 fully saturated rings. The van der Waals surface area contributed by atoms with Crippen molar-refractivity contribution in [1.82, 2.24) is 9.78 Å². The Morgan fingerprint density at radius 3 is 2.64 bits per heavy atom. The first-order valence-corrected chi connectivity index (χ1v) is 4.63. The number of benzene rings is 1. The summed E-state index contributed by atoms with van der Waals surface area (Å²) in [7, 11) is 0. The average molecular weight is 208 g/mol. The van der Waals surface area contributed by atoms with Crippen molar-refractivity contribution in [3.05, 3.63) is 41.0 Å². The molecule has 1 heterocycles. The molecule has 0 atom stereocenters. The predicted octanol–water partition coefficient (Wildman–Crippen LogP) is 2.42. The van der Waals surface area contributed by atoms with E-state index in [2.05, 4.69) is 5.10 Å². The molecule has 3 nitrogen and oxygen atoms in total. The Labute approximate surface area is 87.1 Å². The average Bonchev–Trinajstić information content (AvgIpc) is 2.48. The molecular weight excluding hydrogens is 198 g/mol. The molecule has 0 spiro atoms. The molecule has 0 unspecified atom stereocenters. The number of hydrogen-bond acceptors (Lipinski definition) is 2. The summed E-state index contributed by atoms with van der Waals surface area (Å²) in [4.78, 5) is 0. The molecule has 0 amide bonds. The third-order valence-corrected chi connectivity index (χ3v) is 2.35. The second-order valence-corrected chi connectivity index (χ2v) is 3.50. The lowest BCUT2D eigenvalue weighted by molar-refractivity contribution is 0.878. The number of para-hydroxylation sites is 1. The van der Waals surface area contributed by atoms with Crippen LogP contribution in [-0.2, 0) is 0 Å². The van der Waals surface area contributed by atoms with Gasteiger partial charge in [0.15, 0.2) is 5.82 Å². The lowest BCUT2D eigenvalue weighted by Gasteiger charge is -2.03. The Balaban J connectivity index is 2.55. The Kier molecular flexibility index (Phi) is 2.17. The van der Waals surface area contributed by atoms with Crippen LogP contribution < -0.4 is 5.73 Å². The van der Waals surface area contributed by atoms with E-state index in [-0.39, 0.29) is 0 Å². The van der Waals surface area contributed by atoms with E-state index in [0.717, 1.165) is 11.3 Å². The summed E-state index contributed by atoms with van der Waals surface area (Å²) in [6.45, 7) is 2.01. The zero-order chi connectivity index (χ0) is 10.1. The van der Waals surface area contributed by atoms with Crippen LogP contribution in [0.3, 0.4) is 0 Å². The SMILES string of the molecule is Cc1ccccc1-n1cc(Cl)c(N)n1. The third kappa shape index (κ3) is 1.46. The maximum Gasteiger partial charge on any atom is 0.164 e. The summed E-state index contributed by atoms with van der Waals surface area (Å²) in [5, 5.41) is 4.58. The van der Waals surface area contributed by atoms with Crippen molar-refractivity contribution in [3.63, 3.8) is 0 Å². The van der Waals surface area contributed by atoms with Crippen molar-refractivity contribution >= 4 is 17.4 Å². The number of aryl methyl sites for hydroxylation is 1. The topological polar surface area (TPSA) is 43.8 Å². The highest BCUT2D eigenvalue weighted by Crippen LogP contribution is 2.20. The van der Waals surface area contributed by atoms with Gasteiger partial charge in [-0.1, -0.05) is 29.8 Å². The van der Waals surface area contributed by atoms with Crippen molar-refractivity contribution in [3.8, 4) is 5.69 Å². The van der Waals surface area contributed by atoms with Gasteiger partial charge in [0.2, 0.25) is 0 Å². The number of nitrogens with two attached hydrogens (primary N) is 1. The minimum Gasteiger partial charge on any atom is -0.381 e. The second kappa shape index (κ2) is 3.35. The van der Waals surface area contributed by atoms with Crippen LogP contribution in [0.5, 0.6) is 0 Å². The fourth-order valence-electron chi connectivity index (χ4n) is 1.31. The highest BCUT2D eigenvalue weighted by atomic mass is 35.5. The monoisotopic (exact) mass is 207 g/mol. The predicted molar refractivity (Wildman–Crippen MR) is 57.7 cm³/mol. The first-order chi connectivity index (χ1) is 6.68. The van der Waals surface area contributed by atoms with E-state index in [1.165, 1.54) is 0 Å². The molecule has 1 aromatic carbocycles. The number of halogens is 1. The second-order valence-electron chi connectivity index (χ2n) is 3.09. The highest BCUT2D eigenvalue weighted by molar-refractivity contribution is 6.32. The van der Waals surface area contributed by atoms with Crippen LogP contribution in [0.1, 0.15) is 5.56 Å². The number of aromatic nitrogens is 2. The maximum absolute atomic E-state index is 5.82. The van der Waals surface area contributed by atoms with E-state index in [9.17, 15) is 0 Å². The van der Waals surface area contributed by atoms with Gasteiger partial charge < -0.3 is 5.73 Å². The quantitative estimate of drug-likeness (QED) is 0.781. The van der Waals surface area contributed by atoms with Crippen LogP contribution in [0.15, 0.2) is 30.5 Å². The van der Waals surface area contributed by atoms with Gasteiger partial charge in [0.1, 0.15) is 5.02 Å².